The van der Waals surface area contributed by atoms with Crippen molar-refractivity contribution in [3.05, 3.63) is 44.7 Å². The van der Waals surface area contributed by atoms with E-state index < -0.39 is 0 Å². The molecule has 0 aliphatic carbocycles. The third kappa shape index (κ3) is 2.22. The Labute approximate surface area is 139 Å². The van der Waals surface area contributed by atoms with Crippen LogP contribution in [0.25, 0.3) is 16.7 Å². The molecule has 0 spiro atoms. The molecule has 0 unspecified atom stereocenters. The Morgan fingerprint density at radius 1 is 1.05 bits per heavy atom. The van der Waals surface area contributed by atoms with Crippen molar-refractivity contribution in [2.24, 2.45) is 0 Å². The molecule has 0 radical (unpaired) electrons. The molecule has 4 rings (SSSR count). The summed E-state index contributed by atoms with van der Waals surface area (Å²) >= 11 is 7.76. The van der Waals surface area contributed by atoms with Gasteiger partial charge in [0.25, 0.3) is 0 Å². The van der Waals surface area contributed by atoms with Crippen molar-refractivity contribution in [1.29, 1.82) is 0 Å². The summed E-state index contributed by atoms with van der Waals surface area (Å²) in [5, 5.41) is 0. The minimum absolute atomic E-state index is 0.577. The van der Waals surface area contributed by atoms with E-state index in [-0.39, 0.29) is 0 Å². The number of imidazole rings is 1. The topological polar surface area (TPSA) is 39.2 Å². The lowest BCUT2D eigenvalue weighted by atomic mass is 10.2. The highest BCUT2D eigenvalue weighted by Gasteiger charge is 2.14. The van der Waals surface area contributed by atoms with E-state index in [2.05, 4.69) is 45.8 Å². The van der Waals surface area contributed by atoms with Gasteiger partial charge in [0.2, 0.25) is 0 Å². The summed E-state index contributed by atoms with van der Waals surface area (Å²) in [5.41, 5.74) is 3.05. The van der Waals surface area contributed by atoms with E-state index in [1.165, 1.54) is 3.57 Å². The van der Waals surface area contributed by atoms with Crippen LogP contribution < -0.4 is 9.47 Å². The average Bonchev–Trinajstić information content (AvgIpc) is 2.81. The van der Waals surface area contributed by atoms with Crippen molar-refractivity contribution in [2.45, 2.75) is 0 Å². The number of benzene rings is 2. The van der Waals surface area contributed by atoms with E-state index in [0.717, 1.165) is 28.2 Å². The number of hydrogen-bond acceptors (Lipinski definition) is 3. The number of aromatic amines is 1. The maximum Gasteiger partial charge on any atom is 0.182 e. The van der Waals surface area contributed by atoms with Gasteiger partial charge in [-0.2, -0.15) is 0 Å². The number of ether oxygens (including phenoxy) is 2. The van der Waals surface area contributed by atoms with Gasteiger partial charge in [-0.1, -0.05) is 0 Å². The Morgan fingerprint density at radius 3 is 2.71 bits per heavy atom. The molecular formula is C15H11IN2O2S. The molecule has 3 aromatic rings. The van der Waals surface area contributed by atoms with Crippen molar-refractivity contribution in [3.63, 3.8) is 0 Å². The fourth-order valence-electron chi connectivity index (χ4n) is 2.51. The second kappa shape index (κ2) is 5.03. The molecule has 0 fully saturated rings. The molecule has 1 aliphatic rings. The average molecular weight is 410 g/mol. The first-order chi connectivity index (χ1) is 10.2. The standard InChI is InChI=1S/C15H11IN2O2S/c16-9-1-3-12-11(7-9)17-15(21)18(12)10-2-4-13-14(8-10)20-6-5-19-13/h1-4,7-8H,5-6H2,(H,17,21). The van der Waals surface area contributed by atoms with E-state index in [9.17, 15) is 0 Å². The molecule has 106 valence electrons. The summed E-state index contributed by atoms with van der Waals surface area (Å²) in [6.45, 7) is 1.17. The van der Waals surface area contributed by atoms with Crippen molar-refractivity contribution in [1.82, 2.24) is 9.55 Å². The van der Waals surface area contributed by atoms with E-state index in [4.69, 9.17) is 21.7 Å². The Hall–Kier alpha value is -1.54. The molecule has 0 saturated heterocycles. The third-order valence-electron chi connectivity index (χ3n) is 3.43. The van der Waals surface area contributed by atoms with Crippen LogP contribution in [-0.4, -0.2) is 22.8 Å². The van der Waals surface area contributed by atoms with Crippen LogP contribution in [0.3, 0.4) is 0 Å². The molecule has 6 heteroatoms. The van der Waals surface area contributed by atoms with Crippen LogP contribution >= 0.6 is 34.8 Å². The number of fused-ring (bicyclic) bond motifs is 2. The molecule has 1 aromatic heterocycles. The Balaban J connectivity index is 1.94. The zero-order valence-electron chi connectivity index (χ0n) is 10.9. The largest absolute Gasteiger partial charge is 0.486 e. The van der Waals surface area contributed by atoms with Crippen LogP contribution in [0.4, 0.5) is 0 Å². The Morgan fingerprint density at radius 2 is 1.86 bits per heavy atom. The summed E-state index contributed by atoms with van der Waals surface area (Å²) in [6.07, 6.45) is 0. The summed E-state index contributed by atoms with van der Waals surface area (Å²) in [6, 6.07) is 12.1. The van der Waals surface area contributed by atoms with E-state index in [0.29, 0.717) is 18.0 Å². The Kier molecular flexibility index (Phi) is 3.15. The number of hydrogen-bond donors (Lipinski definition) is 1. The fourth-order valence-corrected chi connectivity index (χ4v) is 3.32. The first-order valence-electron chi connectivity index (χ1n) is 6.53. The van der Waals surface area contributed by atoms with Crippen LogP contribution in [0.15, 0.2) is 36.4 Å². The van der Waals surface area contributed by atoms with Gasteiger partial charge in [0.1, 0.15) is 13.2 Å². The number of H-pyrrole nitrogens is 1. The molecule has 1 N–H and O–H groups in total. The quantitative estimate of drug-likeness (QED) is 0.486. The number of nitrogens with one attached hydrogen (secondary N) is 1. The summed E-state index contributed by atoms with van der Waals surface area (Å²) in [5.74, 6) is 1.55. The van der Waals surface area contributed by atoms with Crippen LogP contribution in [0.2, 0.25) is 0 Å². The van der Waals surface area contributed by atoms with Crippen LogP contribution in [0.1, 0.15) is 0 Å². The summed E-state index contributed by atoms with van der Waals surface area (Å²) in [7, 11) is 0. The molecule has 0 bridgehead atoms. The van der Waals surface area contributed by atoms with Gasteiger partial charge in [0.05, 0.1) is 16.7 Å². The van der Waals surface area contributed by atoms with E-state index >= 15 is 0 Å². The maximum absolute atomic E-state index is 5.65. The van der Waals surface area contributed by atoms with Crippen LogP contribution in [0, 0.1) is 8.34 Å². The lowest BCUT2D eigenvalue weighted by Crippen LogP contribution is -2.15. The molecule has 0 atom stereocenters. The highest BCUT2D eigenvalue weighted by atomic mass is 127. The second-order valence-electron chi connectivity index (χ2n) is 4.75. The highest BCUT2D eigenvalue weighted by molar-refractivity contribution is 14.1. The monoisotopic (exact) mass is 410 g/mol. The fraction of sp³-hybridized carbons (Fsp3) is 0.133. The smallest absolute Gasteiger partial charge is 0.182 e. The third-order valence-corrected chi connectivity index (χ3v) is 4.38. The number of aromatic nitrogens is 2. The predicted octanol–water partition coefficient (Wildman–Crippen LogP) is 4.06. The second-order valence-corrected chi connectivity index (χ2v) is 6.39. The molecule has 2 heterocycles. The number of halogens is 1. The molecule has 21 heavy (non-hydrogen) atoms. The van der Waals surface area contributed by atoms with Gasteiger partial charge in [0.15, 0.2) is 16.3 Å². The summed E-state index contributed by atoms with van der Waals surface area (Å²) < 4.78 is 15.1. The van der Waals surface area contributed by atoms with Gasteiger partial charge >= 0.3 is 0 Å². The SMILES string of the molecule is S=c1[nH]c2cc(I)ccc2n1-c1ccc2c(c1)OCCO2. The lowest BCUT2D eigenvalue weighted by molar-refractivity contribution is 0.171. The zero-order chi connectivity index (χ0) is 14.4. The van der Waals surface area contributed by atoms with Crippen molar-refractivity contribution in [2.75, 3.05) is 13.2 Å². The van der Waals surface area contributed by atoms with E-state index in [1.807, 2.05) is 22.8 Å². The maximum atomic E-state index is 5.65. The summed E-state index contributed by atoms with van der Waals surface area (Å²) in [4.78, 5) is 3.25. The van der Waals surface area contributed by atoms with Gasteiger partial charge in [0, 0.05) is 9.64 Å². The normalized spacial score (nSPS) is 13.6. The van der Waals surface area contributed by atoms with Gasteiger partial charge in [-0.15, -0.1) is 0 Å². The molecule has 0 amide bonds. The molecule has 4 nitrogen and oxygen atoms in total. The van der Waals surface area contributed by atoms with Gasteiger partial charge in [-0.3, -0.25) is 4.57 Å². The lowest BCUT2D eigenvalue weighted by Gasteiger charge is -2.19. The van der Waals surface area contributed by atoms with Crippen molar-refractivity contribution < 1.29 is 9.47 Å². The molecule has 1 aliphatic heterocycles. The van der Waals surface area contributed by atoms with Crippen molar-refractivity contribution in [3.8, 4) is 17.2 Å². The molecule has 2 aromatic carbocycles. The molecule has 0 saturated carbocycles. The minimum atomic E-state index is 0.577. The number of rotatable bonds is 1. The van der Waals surface area contributed by atoms with Crippen LogP contribution in [0.5, 0.6) is 11.5 Å². The first-order valence-corrected chi connectivity index (χ1v) is 8.01. The number of nitrogens with zero attached hydrogens (tertiary/aromatic N) is 1. The van der Waals surface area contributed by atoms with Gasteiger partial charge in [-0.25, -0.2) is 0 Å². The molecular weight excluding hydrogens is 399 g/mol. The minimum Gasteiger partial charge on any atom is -0.486 e. The van der Waals surface area contributed by atoms with Gasteiger partial charge in [-0.05, 0) is 65.1 Å². The Bertz CT molecular complexity index is 900. The predicted molar refractivity (Wildman–Crippen MR) is 92.2 cm³/mol. The van der Waals surface area contributed by atoms with Crippen LogP contribution in [-0.2, 0) is 0 Å². The highest BCUT2D eigenvalue weighted by Crippen LogP contribution is 2.33. The van der Waals surface area contributed by atoms with E-state index in [1.54, 1.807) is 0 Å². The van der Waals surface area contributed by atoms with Gasteiger partial charge < -0.3 is 14.5 Å². The zero-order valence-corrected chi connectivity index (χ0v) is 13.9. The van der Waals surface area contributed by atoms with Crippen molar-refractivity contribution >= 4 is 45.8 Å². The first kappa shape index (κ1) is 13.1.